The largest absolute Gasteiger partial charge is 0.454 e. The van der Waals surface area contributed by atoms with Gasteiger partial charge in [0.05, 0.1) is 17.0 Å². The summed E-state index contributed by atoms with van der Waals surface area (Å²) in [5.41, 5.74) is 1.48. The predicted octanol–water partition coefficient (Wildman–Crippen LogP) is 3.89. The number of ether oxygens (including phenoxy) is 2. The first-order chi connectivity index (χ1) is 16.4. The normalized spacial score (nSPS) is 16.3. The maximum absolute atomic E-state index is 13.3. The minimum absolute atomic E-state index is 0.186. The van der Waals surface area contributed by atoms with Gasteiger partial charge in [-0.15, -0.1) is 0 Å². The van der Waals surface area contributed by atoms with Crippen LogP contribution in [0.5, 0.6) is 11.5 Å². The van der Waals surface area contributed by atoms with Gasteiger partial charge in [0.25, 0.3) is 11.5 Å². The van der Waals surface area contributed by atoms with Gasteiger partial charge in [-0.25, -0.2) is 4.98 Å². The molecule has 1 amide bonds. The number of pyridine rings is 1. The van der Waals surface area contributed by atoms with Crippen LogP contribution in [0.1, 0.15) is 25.0 Å². The Hall–Kier alpha value is -3.37. The first-order valence-electron chi connectivity index (χ1n) is 10.8. The molecule has 0 saturated carbocycles. The molecule has 0 aliphatic carbocycles. The van der Waals surface area contributed by atoms with E-state index < -0.39 is 0 Å². The topological polar surface area (TPSA) is 85.2 Å². The summed E-state index contributed by atoms with van der Waals surface area (Å²) in [4.78, 5) is 33.1. The first kappa shape index (κ1) is 22.4. The molecule has 8 nitrogen and oxygen atoms in total. The Morgan fingerprint density at radius 2 is 2.03 bits per heavy atom. The highest BCUT2D eigenvalue weighted by Gasteiger charge is 2.33. The van der Waals surface area contributed by atoms with Crippen LogP contribution >= 0.6 is 24.0 Å². The monoisotopic (exact) mass is 494 g/mol. The number of anilines is 1. The van der Waals surface area contributed by atoms with Crippen molar-refractivity contribution in [1.82, 2.24) is 14.3 Å². The highest BCUT2D eigenvalue weighted by atomic mass is 32.2. The molecule has 10 heteroatoms. The third-order valence-corrected chi connectivity index (χ3v) is 6.75. The van der Waals surface area contributed by atoms with Crippen LogP contribution in [0.15, 0.2) is 52.3 Å². The fourth-order valence-corrected chi connectivity index (χ4v) is 4.89. The van der Waals surface area contributed by atoms with E-state index in [1.165, 1.54) is 21.1 Å². The van der Waals surface area contributed by atoms with Crippen LogP contribution in [0.2, 0.25) is 0 Å². The molecule has 5 rings (SSSR count). The molecule has 174 valence electrons. The van der Waals surface area contributed by atoms with Crippen LogP contribution in [0.4, 0.5) is 5.82 Å². The Kier molecular flexibility index (Phi) is 6.01. The van der Waals surface area contributed by atoms with Gasteiger partial charge in [0.1, 0.15) is 15.8 Å². The second kappa shape index (κ2) is 9.11. The summed E-state index contributed by atoms with van der Waals surface area (Å²) in [5, 5.41) is 3.26. The summed E-state index contributed by atoms with van der Waals surface area (Å²) >= 11 is 6.67. The fraction of sp³-hybridized carbons (Fsp3) is 0.250. The second-order valence-corrected chi connectivity index (χ2v) is 10.0. The number of hydrogen-bond acceptors (Lipinski definition) is 8. The summed E-state index contributed by atoms with van der Waals surface area (Å²) in [6.45, 7) is 5.27. The lowest BCUT2D eigenvalue weighted by molar-refractivity contribution is -0.122. The van der Waals surface area contributed by atoms with Crippen LogP contribution in [0.3, 0.4) is 0 Å². The zero-order valence-electron chi connectivity index (χ0n) is 18.6. The lowest BCUT2D eigenvalue weighted by atomic mass is 10.2. The second-order valence-electron chi connectivity index (χ2n) is 8.34. The molecule has 34 heavy (non-hydrogen) atoms. The van der Waals surface area contributed by atoms with Crippen molar-refractivity contribution < 1.29 is 14.3 Å². The molecule has 1 aromatic carbocycles. The third-order valence-electron chi connectivity index (χ3n) is 5.37. The van der Waals surface area contributed by atoms with Gasteiger partial charge < -0.3 is 14.8 Å². The van der Waals surface area contributed by atoms with Crippen molar-refractivity contribution in [2.75, 3.05) is 18.7 Å². The summed E-state index contributed by atoms with van der Waals surface area (Å²) < 4.78 is 12.7. The lowest BCUT2D eigenvalue weighted by Crippen LogP contribution is -2.27. The average Bonchev–Trinajstić information content (AvgIpc) is 3.39. The van der Waals surface area contributed by atoms with Gasteiger partial charge in [0.15, 0.2) is 11.5 Å². The SMILES string of the molecule is CC(C)CNc1nc2ccccn2c(=O)c1/C=C1\SC(=S)N(Cc2ccc3c(c2)OCO3)C1=O. The standard InChI is InChI=1S/C24H22N4O4S2/c1-14(2)11-25-21-16(22(29)27-8-4-3-5-20(27)26-21)10-19-23(30)28(24(33)34-19)12-15-6-7-17-18(9-15)32-13-31-17/h3-10,14,25H,11-13H2,1-2H3/b19-10-. The molecule has 0 bridgehead atoms. The van der Waals surface area contributed by atoms with E-state index in [9.17, 15) is 9.59 Å². The van der Waals surface area contributed by atoms with Gasteiger partial charge in [-0.1, -0.05) is 50.0 Å². The molecule has 2 aromatic heterocycles. The highest BCUT2D eigenvalue weighted by Crippen LogP contribution is 2.36. The number of benzene rings is 1. The van der Waals surface area contributed by atoms with Crippen LogP contribution in [0, 0.1) is 5.92 Å². The molecule has 0 spiro atoms. The zero-order valence-corrected chi connectivity index (χ0v) is 20.2. The predicted molar refractivity (Wildman–Crippen MR) is 136 cm³/mol. The lowest BCUT2D eigenvalue weighted by Gasteiger charge is -2.15. The number of aromatic nitrogens is 2. The molecular weight excluding hydrogens is 472 g/mol. The third kappa shape index (κ3) is 4.26. The number of carbonyl (C=O) groups excluding carboxylic acids is 1. The molecule has 0 radical (unpaired) electrons. The Morgan fingerprint density at radius 1 is 1.21 bits per heavy atom. The summed E-state index contributed by atoms with van der Waals surface area (Å²) in [6, 6.07) is 10.9. The first-order valence-corrected chi connectivity index (χ1v) is 12.0. The summed E-state index contributed by atoms with van der Waals surface area (Å²) in [5.74, 6) is 1.88. The Labute approximate surface area is 205 Å². The fourth-order valence-electron chi connectivity index (χ4n) is 3.66. The smallest absolute Gasteiger partial charge is 0.267 e. The van der Waals surface area contributed by atoms with E-state index in [1.807, 2.05) is 24.3 Å². The van der Waals surface area contributed by atoms with Crippen molar-refractivity contribution in [2.24, 2.45) is 5.92 Å². The maximum atomic E-state index is 13.3. The molecule has 1 saturated heterocycles. The van der Waals surface area contributed by atoms with E-state index in [-0.39, 0.29) is 18.3 Å². The van der Waals surface area contributed by atoms with E-state index in [4.69, 9.17) is 21.7 Å². The van der Waals surface area contributed by atoms with E-state index in [2.05, 4.69) is 24.1 Å². The molecule has 1 N–H and O–H groups in total. The van der Waals surface area contributed by atoms with Crippen molar-refractivity contribution >= 4 is 51.7 Å². The summed E-state index contributed by atoms with van der Waals surface area (Å²) in [7, 11) is 0. The van der Waals surface area contributed by atoms with Gasteiger partial charge >= 0.3 is 0 Å². The number of rotatable bonds is 6. The van der Waals surface area contributed by atoms with E-state index in [1.54, 1.807) is 24.4 Å². The quantitative estimate of drug-likeness (QED) is 0.408. The highest BCUT2D eigenvalue weighted by molar-refractivity contribution is 8.26. The van der Waals surface area contributed by atoms with Crippen molar-refractivity contribution in [3.8, 4) is 11.5 Å². The Balaban J connectivity index is 1.48. The van der Waals surface area contributed by atoms with Gasteiger partial charge in [0, 0.05) is 12.7 Å². The van der Waals surface area contributed by atoms with Gasteiger partial charge in [-0.05, 0) is 41.8 Å². The van der Waals surface area contributed by atoms with Crippen LogP contribution < -0.4 is 20.3 Å². The van der Waals surface area contributed by atoms with E-state index >= 15 is 0 Å². The number of amides is 1. The molecule has 1 fully saturated rings. The average molecular weight is 495 g/mol. The number of thiocarbonyl (C=S) groups is 1. The molecule has 3 aromatic rings. The number of nitrogens with zero attached hydrogens (tertiary/aromatic N) is 3. The number of nitrogens with one attached hydrogen (secondary N) is 1. The van der Waals surface area contributed by atoms with Crippen LogP contribution in [-0.4, -0.2) is 37.8 Å². The Bertz CT molecular complexity index is 1400. The van der Waals surface area contributed by atoms with E-state index in [0.717, 1.165) is 5.56 Å². The van der Waals surface area contributed by atoms with Gasteiger partial charge in [0.2, 0.25) is 6.79 Å². The van der Waals surface area contributed by atoms with Crippen molar-refractivity contribution in [3.63, 3.8) is 0 Å². The van der Waals surface area contributed by atoms with Gasteiger partial charge in [-0.2, -0.15) is 0 Å². The minimum Gasteiger partial charge on any atom is -0.454 e. The number of carbonyl (C=O) groups is 1. The Morgan fingerprint density at radius 3 is 2.85 bits per heavy atom. The van der Waals surface area contributed by atoms with Crippen LogP contribution in [-0.2, 0) is 11.3 Å². The van der Waals surface area contributed by atoms with Crippen molar-refractivity contribution in [2.45, 2.75) is 20.4 Å². The molecular formula is C24H22N4O4S2. The summed E-state index contributed by atoms with van der Waals surface area (Å²) in [6.07, 6.45) is 3.26. The van der Waals surface area contributed by atoms with Crippen molar-refractivity contribution in [1.29, 1.82) is 0 Å². The van der Waals surface area contributed by atoms with Gasteiger partial charge in [-0.3, -0.25) is 18.9 Å². The van der Waals surface area contributed by atoms with Crippen molar-refractivity contribution in [3.05, 3.63) is 69.0 Å². The van der Waals surface area contributed by atoms with E-state index in [0.29, 0.717) is 56.8 Å². The molecule has 2 aliphatic rings. The number of hydrogen-bond donors (Lipinski definition) is 1. The molecule has 2 aliphatic heterocycles. The zero-order chi connectivity index (χ0) is 23.8. The molecule has 0 unspecified atom stereocenters. The minimum atomic E-state index is -0.252. The number of fused-ring (bicyclic) bond motifs is 2. The maximum Gasteiger partial charge on any atom is 0.267 e. The number of thioether (sulfide) groups is 1. The molecule has 4 heterocycles. The van der Waals surface area contributed by atoms with Crippen LogP contribution in [0.25, 0.3) is 11.7 Å². The molecule has 0 atom stereocenters.